The normalized spacial score (nSPS) is 11.7. The number of benzene rings is 1. The number of fused-ring (bicyclic) bond motifs is 2. The van der Waals surface area contributed by atoms with E-state index in [4.69, 9.17) is 4.52 Å². The zero-order valence-electron chi connectivity index (χ0n) is 13.8. The highest BCUT2D eigenvalue weighted by atomic mass is 16.5. The lowest BCUT2D eigenvalue weighted by Gasteiger charge is -2.10. The Labute approximate surface area is 138 Å². The molecule has 0 unspecified atom stereocenters. The first kappa shape index (κ1) is 14.6. The molecule has 3 heterocycles. The Morgan fingerprint density at radius 1 is 1.21 bits per heavy atom. The lowest BCUT2D eigenvalue weighted by Crippen LogP contribution is -2.03. The van der Waals surface area contributed by atoms with Gasteiger partial charge in [0.25, 0.3) is 5.71 Å². The van der Waals surface area contributed by atoms with Crippen LogP contribution in [-0.2, 0) is 6.54 Å². The summed E-state index contributed by atoms with van der Waals surface area (Å²) in [7, 11) is 0. The van der Waals surface area contributed by atoms with Gasteiger partial charge in [-0.2, -0.15) is 4.98 Å². The van der Waals surface area contributed by atoms with Gasteiger partial charge in [-0.25, -0.2) is 9.97 Å². The van der Waals surface area contributed by atoms with Gasteiger partial charge in [-0.05, 0) is 38.5 Å². The highest BCUT2D eigenvalue weighted by molar-refractivity contribution is 5.87. The highest BCUT2D eigenvalue weighted by Gasteiger charge is 2.12. The molecule has 0 spiro atoms. The van der Waals surface area contributed by atoms with Crippen molar-refractivity contribution < 1.29 is 4.52 Å². The number of nitrogens with one attached hydrogen (secondary N) is 1. The van der Waals surface area contributed by atoms with Crippen molar-refractivity contribution in [1.29, 1.82) is 0 Å². The quantitative estimate of drug-likeness (QED) is 0.619. The smallest absolute Gasteiger partial charge is 0.263 e. The molecule has 1 aromatic carbocycles. The summed E-state index contributed by atoms with van der Waals surface area (Å²) in [6, 6.07) is 6.66. The van der Waals surface area contributed by atoms with Crippen LogP contribution in [0.15, 0.2) is 35.4 Å². The average molecular weight is 322 g/mol. The topological polar surface area (TPSA) is 81.7 Å². The summed E-state index contributed by atoms with van der Waals surface area (Å²) in [5.41, 5.74) is 4.58. The number of aromatic nitrogens is 5. The standard InChI is InChI=1S/C17H18N6O/c1-10(2)23-9-21-13-5-4-12(6-14(13)23)7-18-16-15-11(3)22-24-17(15)20-8-19-16/h4-6,8-10H,7H2,1-3H3,(H,18,19,20). The van der Waals surface area contributed by atoms with Gasteiger partial charge >= 0.3 is 0 Å². The monoisotopic (exact) mass is 322 g/mol. The predicted molar refractivity (Wildman–Crippen MR) is 91.8 cm³/mol. The maximum absolute atomic E-state index is 5.18. The number of aryl methyl sites for hydroxylation is 1. The van der Waals surface area contributed by atoms with Crippen LogP contribution < -0.4 is 5.32 Å². The van der Waals surface area contributed by atoms with E-state index in [1.54, 1.807) is 0 Å². The fourth-order valence-corrected chi connectivity index (χ4v) is 2.83. The third-order valence-corrected chi connectivity index (χ3v) is 4.10. The van der Waals surface area contributed by atoms with Gasteiger partial charge in [-0.1, -0.05) is 11.2 Å². The Balaban J connectivity index is 1.64. The first-order valence-corrected chi connectivity index (χ1v) is 7.90. The average Bonchev–Trinajstić information content (AvgIpc) is 3.17. The van der Waals surface area contributed by atoms with Crippen molar-refractivity contribution in [1.82, 2.24) is 24.7 Å². The van der Waals surface area contributed by atoms with Crippen molar-refractivity contribution in [3.8, 4) is 0 Å². The molecular weight excluding hydrogens is 304 g/mol. The molecule has 0 fully saturated rings. The van der Waals surface area contributed by atoms with Crippen molar-refractivity contribution in [2.45, 2.75) is 33.4 Å². The van der Waals surface area contributed by atoms with Crippen molar-refractivity contribution >= 4 is 28.0 Å². The molecule has 0 saturated heterocycles. The minimum atomic E-state index is 0.374. The highest BCUT2D eigenvalue weighted by Crippen LogP contribution is 2.24. The summed E-state index contributed by atoms with van der Waals surface area (Å²) in [6.07, 6.45) is 3.37. The summed E-state index contributed by atoms with van der Waals surface area (Å²) in [6.45, 7) is 6.83. The molecule has 0 bridgehead atoms. The lowest BCUT2D eigenvalue weighted by molar-refractivity contribution is 0.442. The number of hydrogen-bond acceptors (Lipinski definition) is 6. The molecular formula is C17H18N6O. The molecule has 0 saturated carbocycles. The van der Waals surface area contributed by atoms with Crippen LogP contribution in [-0.4, -0.2) is 24.7 Å². The Morgan fingerprint density at radius 2 is 2.08 bits per heavy atom. The van der Waals surface area contributed by atoms with Gasteiger partial charge in [0.2, 0.25) is 0 Å². The fourth-order valence-electron chi connectivity index (χ4n) is 2.83. The molecule has 4 aromatic rings. The number of nitrogens with zero attached hydrogens (tertiary/aromatic N) is 5. The van der Waals surface area contributed by atoms with Crippen molar-refractivity contribution in [3.05, 3.63) is 42.1 Å². The summed E-state index contributed by atoms with van der Waals surface area (Å²) >= 11 is 0. The maximum atomic E-state index is 5.18. The Morgan fingerprint density at radius 3 is 2.92 bits per heavy atom. The van der Waals surface area contributed by atoms with Crippen LogP contribution in [0.25, 0.3) is 22.1 Å². The van der Waals surface area contributed by atoms with Gasteiger partial charge in [0, 0.05) is 12.6 Å². The van der Waals surface area contributed by atoms with E-state index in [2.05, 4.69) is 56.0 Å². The van der Waals surface area contributed by atoms with E-state index >= 15 is 0 Å². The minimum Gasteiger partial charge on any atom is -0.365 e. The Hall–Kier alpha value is -2.96. The molecule has 24 heavy (non-hydrogen) atoms. The number of imidazole rings is 1. The number of hydrogen-bond donors (Lipinski definition) is 1. The largest absolute Gasteiger partial charge is 0.365 e. The summed E-state index contributed by atoms with van der Waals surface area (Å²) in [4.78, 5) is 12.9. The fraction of sp³-hybridized carbons (Fsp3) is 0.294. The molecule has 0 aliphatic carbocycles. The minimum absolute atomic E-state index is 0.374. The molecule has 7 nitrogen and oxygen atoms in total. The second kappa shape index (κ2) is 5.59. The van der Waals surface area contributed by atoms with Crippen LogP contribution in [0.1, 0.15) is 31.1 Å². The van der Waals surface area contributed by atoms with E-state index in [-0.39, 0.29) is 0 Å². The van der Waals surface area contributed by atoms with Crippen LogP contribution in [0.3, 0.4) is 0 Å². The van der Waals surface area contributed by atoms with E-state index in [0.717, 1.165) is 33.5 Å². The van der Waals surface area contributed by atoms with Crippen LogP contribution in [0.5, 0.6) is 0 Å². The molecule has 0 atom stereocenters. The van der Waals surface area contributed by atoms with E-state index in [1.165, 1.54) is 6.33 Å². The number of anilines is 1. The van der Waals surface area contributed by atoms with Gasteiger partial charge in [0.15, 0.2) is 0 Å². The second-order valence-electron chi connectivity index (χ2n) is 6.09. The van der Waals surface area contributed by atoms with Gasteiger partial charge in [-0.15, -0.1) is 0 Å². The molecule has 1 N–H and O–H groups in total. The second-order valence-corrected chi connectivity index (χ2v) is 6.09. The van der Waals surface area contributed by atoms with E-state index in [1.807, 2.05) is 19.3 Å². The summed E-state index contributed by atoms with van der Waals surface area (Å²) < 4.78 is 7.35. The SMILES string of the molecule is Cc1noc2ncnc(NCc3ccc4ncn(C(C)C)c4c3)c12. The van der Waals surface area contributed by atoms with Crippen molar-refractivity contribution in [2.75, 3.05) is 5.32 Å². The van der Waals surface area contributed by atoms with E-state index in [0.29, 0.717) is 18.3 Å². The summed E-state index contributed by atoms with van der Waals surface area (Å²) in [5.74, 6) is 0.733. The molecule has 0 radical (unpaired) electrons. The van der Waals surface area contributed by atoms with Gasteiger partial charge in [-0.3, -0.25) is 0 Å². The van der Waals surface area contributed by atoms with Crippen molar-refractivity contribution in [2.24, 2.45) is 0 Å². The summed E-state index contributed by atoms with van der Waals surface area (Å²) in [5, 5.41) is 8.13. The van der Waals surface area contributed by atoms with Gasteiger partial charge < -0.3 is 14.4 Å². The number of rotatable bonds is 4. The van der Waals surface area contributed by atoms with Crippen LogP contribution in [0.2, 0.25) is 0 Å². The maximum Gasteiger partial charge on any atom is 0.263 e. The molecule has 122 valence electrons. The first-order valence-electron chi connectivity index (χ1n) is 7.90. The van der Waals surface area contributed by atoms with Crippen LogP contribution in [0, 0.1) is 6.92 Å². The predicted octanol–water partition coefficient (Wildman–Crippen LogP) is 3.47. The lowest BCUT2D eigenvalue weighted by atomic mass is 10.2. The van der Waals surface area contributed by atoms with Crippen LogP contribution >= 0.6 is 0 Å². The third kappa shape index (κ3) is 2.38. The Kier molecular flexibility index (Phi) is 3.41. The van der Waals surface area contributed by atoms with Crippen LogP contribution in [0.4, 0.5) is 5.82 Å². The molecule has 3 aromatic heterocycles. The Bertz CT molecular complexity index is 1020. The molecule has 7 heteroatoms. The molecule has 4 rings (SSSR count). The molecule has 0 aliphatic rings. The first-order chi connectivity index (χ1) is 11.6. The van der Waals surface area contributed by atoms with E-state index < -0.39 is 0 Å². The van der Waals surface area contributed by atoms with E-state index in [9.17, 15) is 0 Å². The third-order valence-electron chi connectivity index (χ3n) is 4.10. The molecule has 0 amide bonds. The van der Waals surface area contributed by atoms with Gasteiger partial charge in [0.1, 0.15) is 17.5 Å². The zero-order valence-corrected chi connectivity index (χ0v) is 13.8. The van der Waals surface area contributed by atoms with Gasteiger partial charge in [0.05, 0.1) is 23.1 Å². The van der Waals surface area contributed by atoms with Crippen molar-refractivity contribution in [3.63, 3.8) is 0 Å². The molecule has 0 aliphatic heterocycles. The zero-order chi connectivity index (χ0) is 16.7.